The molecule has 1 atom stereocenters. The van der Waals surface area contributed by atoms with Crippen LogP contribution in [0.1, 0.15) is 32.6 Å². The standard InChI is InChI=1S/C19H24N4O4S/c1-3-10-27-14-8-6-13(7-9-14)20-16(24)11-15-18(26)22(2)19(28)23(15)21-17(25)12-4-5-12/h6-9,12,15H,3-5,10-11H2,1-2H3,(H,20,24)(H,21,25). The third-order valence-electron chi connectivity index (χ3n) is 4.59. The maximum atomic E-state index is 12.5. The third-order valence-corrected chi connectivity index (χ3v) is 5.06. The number of nitrogens with one attached hydrogen (secondary N) is 2. The summed E-state index contributed by atoms with van der Waals surface area (Å²) in [5.41, 5.74) is 3.29. The number of amides is 3. The Morgan fingerprint density at radius 3 is 2.54 bits per heavy atom. The van der Waals surface area contributed by atoms with Crippen molar-refractivity contribution < 1.29 is 19.1 Å². The van der Waals surface area contributed by atoms with Crippen molar-refractivity contribution in [3.8, 4) is 5.75 Å². The summed E-state index contributed by atoms with van der Waals surface area (Å²) in [6.45, 7) is 2.66. The molecule has 0 radical (unpaired) electrons. The van der Waals surface area contributed by atoms with Crippen LogP contribution in [0.3, 0.4) is 0 Å². The number of carbonyl (C=O) groups excluding carboxylic acids is 3. The van der Waals surface area contributed by atoms with Crippen molar-refractivity contribution in [2.45, 2.75) is 38.6 Å². The lowest BCUT2D eigenvalue weighted by molar-refractivity contribution is -0.132. The fourth-order valence-corrected chi connectivity index (χ4v) is 3.09. The monoisotopic (exact) mass is 404 g/mol. The highest BCUT2D eigenvalue weighted by Gasteiger charge is 2.44. The maximum absolute atomic E-state index is 12.5. The van der Waals surface area contributed by atoms with E-state index >= 15 is 0 Å². The lowest BCUT2D eigenvalue weighted by Crippen LogP contribution is -2.50. The first kappa shape index (κ1) is 20.1. The molecule has 2 aliphatic rings. The smallest absolute Gasteiger partial charge is 0.253 e. The topological polar surface area (TPSA) is 91.0 Å². The second-order valence-corrected chi connectivity index (χ2v) is 7.31. The van der Waals surface area contributed by atoms with Crippen molar-refractivity contribution in [2.24, 2.45) is 5.92 Å². The van der Waals surface area contributed by atoms with Crippen LogP contribution in [0.15, 0.2) is 24.3 Å². The molecule has 3 rings (SSSR count). The van der Waals surface area contributed by atoms with E-state index in [-0.39, 0.29) is 35.2 Å². The van der Waals surface area contributed by atoms with Gasteiger partial charge in [-0.2, -0.15) is 0 Å². The second-order valence-electron chi connectivity index (χ2n) is 6.94. The van der Waals surface area contributed by atoms with E-state index in [0.717, 1.165) is 25.0 Å². The normalized spacial score (nSPS) is 19.0. The molecule has 8 nitrogen and oxygen atoms in total. The van der Waals surface area contributed by atoms with Crippen molar-refractivity contribution in [3.63, 3.8) is 0 Å². The highest BCUT2D eigenvalue weighted by molar-refractivity contribution is 7.80. The Morgan fingerprint density at radius 1 is 1.25 bits per heavy atom. The summed E-state index contributed by atoms with van der Waals surface area (Å²) in [5.74, 6) is -0.138. The Labute approximate surface area is 169 Å². The summed E-state index contributed by atoms with van der Waals surface area (Å²) in [7, 11) is 1.54. The number of thiocarbonyl (C=S) groups is 1. The van der Waals surface area contributed by atoms with Crippen molar-refractivity contribution in [1.82, 2.24) is 15.3 Å². The van der Waals surface area contributed by atoms with E-state index in [1.165, 1.54) is 17.0 Å². The first-order valence-corrected chi connectivity index (χ1v) is 9.75. The highest BCUT2D eigenvalue weighted by atomic mass is 32.1. The van der Waals surface area contributed by atoms with Crippen molar-refractivity contribution >= 4 is 40.7 Å². The number of hydrogen-bond acceptors (Lipinski definition) is 5. The fraction of sp³-hybridized carbons (Fsp3) is 0.474. The number of anilines is 1. The molecule has 1 aliphatic carbocycles. The Hall–Kier alpha value is -2.68. The van der Waals surface area contributed by atoms with E-state index in [1.807, 2.05) is 6.92 Å². The Balaban J connectivity index is 1.61. The van der Waals surface area contributed by atoms with E-state index in [4.69, 9.17) is 17.0 Å². The van der Waals surface area contributed by atoms with Gasteiger partial charge in [0.25, 0.3) is 5.91 Å². The van der Waals surface area contributed by atoms with E-state index in [1.54, 1.807) is 24.3 Å². The molecule has 28 heavy (non-hydrogen) atoms. The number of rotatable bonds is 8. The molecule has 1 unspecified atom stereocenters. The molecular formula is C19H24N4O4S. The van der Waals surface area contributed by atoms with Crippen LogP contribution in [0.5, 0.6) is 5.75 Å². The molecular weight excluding hydrogens is 380 g/mol. The van der Waals surface area contributed by atoms with Crippen LogP contribution >= 0.6 is 12.2 Å². The van der Waals surface area contributed by atoms with Crippen molar-refractivity contribution in [2.75, 3.05) is 19.0 Å². The Kier molecular flexibility index (Phi) is 6.13. The van der Waals surface area contributed by atoms with Gasteiger partial charge >= 0.3 is 0 Å². The molecule has 0 aromatic heterocycles. The average Bonchev–Trinajstić information content (AvgIpc) is 3.51. The van der Waals surface area contributed by atoms with Crippen molar-refractivity contribution in [1.29, 1.82) is 0 Å². The minimum Gasteiger partial charge on any atom is -0.494 e. The van der Waals surface area contributed by atoms with Gasteiger partial charge < -0.3 is 10.1 Å². The first-order chi connectivity index (χ1) is 13.4. The maximum Gasteiger partial charge on any atom is 0.253 e. The minimum atomic E-state index is -0.854. The van der Waals surface area contributed by atoms with Crippen LogP contribution in [0, 0.1) is 5.92 Å². The summed E-state index contributed by atoms with van der Waals surface area (Å²) in [6, 6.07) is 6.17. The summed E-state index contributed by atoms with van der Waals surface area (Å²) < 4.78 is 5.51. The summed E-state index contributed by atoms with van der Waals surface area (Å²) in [4.78, 5) is 38.3. The Bertz CT molecular complexity index is 779. The molecule has 1 aliphatic heterocycles. The molecule has 3 amide bonds. The van der Waals surface area contributed by atoms with Gasteiger partial charge in [-0.05, 0) is 55.7 Å². The van der Waals surface area contributed by atoms with Crippen LogP contribution in [0.4, 0.5) is 5.69 Å². The van der Waals surface area contributed by atoms with E-state index in [0.29, 0.717) is 12.3 Å². The first-order valence-electron chi connectivity index (χ1n) is 9.34. The van der Waals surface area contributed by atoms with E-state index in [2.05, 4.69) is 10.7 Å². The van der Waals surface area contributed by atoms with Gasteiger partial charge in [0.1, 0.15) is 11.8 Å². The summed E-state index contributed by atoms with van der Waals surface area (Å²) >= 11 is 5.24. The molecule has 0 spiro atoms. The molecule has 150 valence electrons. The van der Waals surface area contributed by atoms with E-state index in [9.17, 15) is 14.4 Å². The lowest BCUT2D eigenvalue weighted by atomic mass is 10.2. The third kappa shape index (κ3) is 4.59. The number of hydrogen-bond donors (Lipinski definition) is 2. The van der Waals surface area contributed by atoms with Crippen LogP contribution < -0.4 is 15.5 Å². The van der Waals surface area contributed by atoms with Gasteiger partial charge in [0, 0.05) is 18.7 Å². The van der Waals surface area contributed by atoms with Gasteiger partial charge in [-0.1, -0.05) is 6.92 Å². The average molecular weight is 404 g/mol. The number of carbonyl (C=O) groups is 3. The molecule has 1 aromatic carbocycles. The van der Waals surface area contributed by atoms with Crippen LogP contribution in [0.25, 0.3) is 0 Å². The zero-order valence-electron chi connectivity index (χ0n) is 15.9. The molecule has 2 N–H and O–H groups in total. The zero-order chi connectivity index (χ0) is 20.3. The van der Waals surface area contributed by atoms with Crippen molar-refractivity contribution in [3.05, 3.63) is 24.3 Å². The largest absolute Gasteiger partial charge is 0.494 e. The number of nitrogens with zero attached hydrogens (tertiary/aromatic N) is 2. The number of likely N-dealkylation sites (N-methyl/N-ethyl adjacent to an activating group) is 1. The van der Waals surface area contributed by atoms with Gasteiger partial charge in [-0.15, -0.1) is 0 Å². The Morgan fingerprint density at radius 2 is 1.93 bits per heavy atom. The van der Waals surface area contributed by atoms with Crippen LogP contribution in [-0.4, -0.2) is 52.4 Å². The van der Waals surface area contributed by atoms with Gasteiger partial charge in [0.15, 0.2) is 5.11 Å². The van der Waals surface area contributed by atoms with Gasteiger partial charge in [0.2, 0.25) is 11.8 Å². The number of hydrazine groups is 1. The molecule has 1 saturated heterocycles. The molecule has 9 heteroatoms. The van der Waals surface area contributed by atoms with Gasteiger partial charge in [0.05, 0.1) is 13.0 Å². The lowest BCUT2D eigenvalue weighted by Gasteiger charge is -2.24. The van der Waals surface area contributed by atoms with Gasteiger partial charge in [-0.3, -0.25) is 24.7 Å². The predicted octanol–water partition coefficient (Wildman–Crippen LogP) is 1.67. The fourth-order valence-electron chi connectivity index (χ4n) is 2.83. The zero-order valence-corrected chi connectivity index (χ0v) is 16.8. The SMILES string of the molecule is CCCOc1ccc(NC(=O)CC2C(=O)N(C)C(=S)N2NC(=O)C2CC2)cc1. The van der Waals surface area contributed by atoms with Crippen LogP contribution in [0.2, 0.25) is 0 Å². The van der Waals surface area contributed by atoms with Crippen LogP contribution in [-0.2, 0) is 14.4 Å². The summed E-state index contributed by atoms with van der Waals surface area (Å²) in [5, 5.41) is 4.29. The molecule has 2 fully saturated rings. The molecule has 0 bridgehead atoms. The quantitative estimate of drug-likeness (QED) is 0.641. The molecule has 1 heterocycles. The highest BCUT2D eigenvalue weighted by Crippen LogP contribution is 2.29. The van der Waals surface area contributed by atoms with E-state index < -0.39 is 6.04 Å². The molecule has 1 aromatic rings. The molecule has 1 saturated carbocycles. The predicted molar refractivity (Wildman–Crippen MR) is 107 cm³/mol. The second kappa shape index (κ2) is 8.55. The van der Waals surface area contributed by atoms with Gasteiger partial charge in [-0.25, -0.2) is 5.01 Å². The minimum absolute atomic E-state index is 0.0354. The number of ether oxygens (including phenoxy) is 1. The summed E-state index contributed by atoms with van der Waals surface area (Å²) in [6.07, 6.45) is 2.46. The number of benzene rings is 1.